The summed E-state index contributed by atoms with van der Waals surface area (Å²) in [7, 11) is -0.979. The zero-order valence-electron chi connectivity index (χ0n) is 21.1. The van der Waals surface area contributed by atoms with Crippen LogP contribution in [0, 0.1) is 5.82 Å². The molecule has 0 aliphatic heterocycles. The van der Waals surface area contributed by atoms with E-state index in [9.17, 15) is 17.6 Å². The van der Waals surface area contributed by atoms with Crippen LogP contribution in [0.15, 0.2) is 71.6 Å². The van der Waals surface area contributed by atoms with Crippen LogP contribution in [0.1, 0.15) is 18.9 Å². The zero-order valence-corrected chi connectivity index (χ0v) is 21.9. The molecule has 1 N–H and O–H groups in total. The number of benzene rings is 3. The number of anilines is 1. The van der Waals surface area contributed by atoms with Gasteiger partial charge in [0.15, 0.2) is 11.5 Å². The molecule has 3 aromatic carbocycles. The van der Waals surface area contributed by atoms with E-state index in [1.165, 1.54) is 24.3 Å². The molecule has 198 valence electrons. The number of sulfonamides is 1. The monoisotopic (exact) mass is 530 g/mol. The van der Waals surface area contributed by atoms with Crippen LogP contribution in [0.5, 0.6) is 17.2 Å². The standard InChI is InChI=1S/C27H31FN2O6S/c1-4-36-23-12-14-24(15-13-23)37(32,33)30(22-10-8-21(28)9-11-22)19-27(31)29-17-5-6-20-7-16-25(34-2)26(18-20)35-3/h7-16,18H,4-6,17,19H2,1-3H3,(H,29,31). The Kier molecular flexibility index (Phi) is 9.73. The Labute approximate surface area is 217 Å². The van der Waals surface area contributed by atoms with Gasteiger partial charge < -0.3 is 19.5 Å². The van der Waals surface area contributed by atoms with Gasteiger partial charge in [0.1, 0.15) is 18.1 Å². The van der Waals surface area contributed by atoms with E-state index < -0.39 is 28.3 Å². The van der Waals surface area contributed by atoms with Gasteiger partial charge in [-0.3, -0.25) is 9.10 Å². The summed E-state index contributed by atoms with van der Waals surface area (Å²) in [5.74, 6) is 0.794. The highest BCUT2D eigenvalue weighted by molar-refractivity contribution is 7.92. The predicted octanol–water partition coefficient (Wildman–Crippen LogP) is 4.19. The summed E-state index contributed by atoms with van der Waals surface area (Å²) in [6, 6.07) is 16.5. The van der Waals surface area contributed by atoms with Crippen molar-refractivity contribution in [1.82, 2.24) is 5.32 Å². The van der Waals surface area contributed by atoms with Gasteiger partial charge in [0.25, 0.3) is 10.0 Å². The molecule has 0 unspecified atom stereocenters. The molecule has 0 aromatic heterocycles. The molecule has 0 radical (unpaired) electrons. The Balaban J connectivity index is 1.68. The lowest BCUT2D eigenvalue weighted by Gasteiger charge is -2.24. The number of amides is 1. The fourth-order valence-electron chi connectivity index (χ4n) is 3.67. The highest BCUT2D eigenvalue weighted by Crippen LogP contribution is 2.28. The van der Waals surface area contributed by atoms with Crippen molar-refractivity contribution < 1.29 is 31.8 Å². The van der Waals surface area contributed by atoms with Gasteiger partial charge in [-0.2, -0.15) is 0 Å². The molecule has 0 bridgehead atoms. The van der Waals surface area contributed by atoms with Crippen LogP contribution in [0.4, 0.5) is 10.1 Å². The number of hydrogen-bond donors (Lipinski definition) is 1. The van der Waals surface area contributed by atoms with Crippen molar-refractivity contribution >= 4 is 21.6 Å². The van der Waals surface area contributed by atoms with Crippen molar-refractivity contribution in [2.45, 2.75) is 24.7 Å². The van der Waals surface area contributed by atoms with Crippen molar-refractivity contribution in [1.29, 1.82) is 0 Å². The van der Waals surface area contributed by atoms with Gasteiger partial charge in [0, 0.05) is 6.54 Å². The third-order valence-corrected chi connectivity index (χ3v) is 7.32. The Bertz CT molecular complexity index is 1280. The molecule has 3 aromatic rings. The molecule has 0 atom stereocenters. The van der Waals surface area contributed by atoms with Crippen LogP contribution in [0.2, 0.25) is 0 Å². The van der Waals surface area contributed by atoms with Crippen molar-refractivity contribution in [2.24, 2.45) is 0 Å². The lowest BCUT2D eigenvalue weighted by atomic mass is 10.1. The van der Waals surface area contributed by atoms with Crippen LogP contribution < -0.4 is 23.8 Å². The van der Waals surface area contributed by atoms with Gasteiger partial charge in [0.05, 0.1) is 31.4 Å². The Hall–Kier alpha value is -3.79. The van der Waals surface area contributed by atoms with Gasteiger partial charge in [-0.05, 0) is 86.0 Å². The van der Waals surface area contributed by atoms with E-state index in [1.807, 2.05) is 25.1 Å². The second kappa shape index (κ2) is 13.0. The lowest BCUT2D eigenvalue weighted by molar-refractivity contribution is -0.119. The highest BCUT2D eigenvalue weighted by atomic mass is 32.2. The average Bonchev–Trinajstić information content (AvgIpc) is 2.90. The van der Waals surface area contributed by atoms with Gasteiger partial charge in [-0.25, -0.2) is 12.8 Å². The molecule has 10 heteroatoms. The molecule has 1 amide bonds. The molecule has 0 fully saturated rings. The molecule has 0 heterocycles. The summed E-state index contributed by atoms with van der Waals surface area (Å²) in [6.07, 6.45) is 1.30. The quantitative estimate of drug-likeness (QED) is 0.333. The molecular weight excluding hydrogens is 499 g/mol. The minimum absolute atomic E-state index is 0.0125. The van der Waals surface area contributed by atoms with Crippen LogP contribution in [-0.4, -0.2) is 48.2 Å². The topological polar surface area (TPSA) is 94.2 Å². The summed E-state index contributed by atoms with van der Waals surface area (Å²) < 4.78 is 57.3. The molecule has 0 aliphatic carbocycles. The van der Waals surface area contributed by atoms with Crippen molar-refractivity contribution in [3.05, 3.63) is 78.1 Å². The van der Waals surface area contributed by atoms with Crippen molar-refractivity contribution in [2.75, 3.05) is 38.2 Å². The van der Waals surface area contributed by atoms with Gasteiger partial charge >= 0.3 is 0 Å². The first-order valence-electron chi connectivity index (χ1n) is 11.8. The molecule has 0 spiro atoms. The van der Waals surface area contributed by atoms with Crippen molar-refractivity contribution in [3.8, 4) is 17.2 Å². The highest BCUT2D eigenvalue weighted by Gasteiger charge is 2.27. The van der Waals surface area contributed by atoms with Gasteiger partial charge in [-0.15, -0.1) is 0 Å². The van der Waals surface area contributed by atoms with Gasteiger partial charge in [0.2, 0.25) is 5.91 Å². The molecule has 0 saturated heterocycles. The first-order chi connectivity index (χ1) is 17.8. The van der Waals surface area contributed by atoms with E-state index in [0.29, 0.717) is 43.2 Å². The summed E-state index contributed by atoms with van der Waals surface area (Å²) in [4.78, 5) is 12.7. The number of hydrogen-bond acceptors (Lipinski definition) is 6. The second-order valence-corrected chi connectivity index (χ2v) is 9.90. The molecule has 37 heavy (non-hydrogen) atoms. The summed E-state index contributed by atoms with van der Waals surface area (Å²) >= 11 is 0. The molecule has 0 saturated carbocycles. The predicted molar refractivity (Wildman–Crippen MR) is 139 cm³/mol. The van der Waals surface area contributed by atoms with E-state index in [2.05, 4.69) is 5.32 Å². The van der Waals surface area contributed by atoms with E-state index in [4.69, 9.17) is 14.2 Å². The van der Waals surface area contributed by atoms with E-state index in [0.717, 1.165) is 22.0 Å². The summed E-state index contributed by atoms with van der Waals surface area (Å²) in [5, 5.41) is 2.77. The SMILES string of the molecule is CCOc1ccc(S(=O)(=O)N(CC(=O)NCCCc2ccc(OC)c(OC)c2)c2ccc(F)cc2)cc1. The third kappa shape index (κ3) is 7.36. The number of nitrogens with zero attached hydrogens (tertiary/aromatic N) is 1. The number of halogens is 1. The largest absolute Gasteiger partial charge is 0.494 e. The Morgan fingerprint density at radius 3 is 2.24 bits per heavy atom. The smallest absolute Gasteiger partial charge is 0.264 e. The fraction of sp³-hybridized carbons (Fsp3) is 0.296. The fourth-order valence-corrected chi connectivity index (χ4v) is 5.09. The number of rotatable bonds is 13. The normalized spacial score (nSPS) is 11.0. The average molecular weight is 531 g/mol. The van der Waals surface area contributed by atoms with Crippen LogP contribution in [-0.2, 0) is 21.2 Å². The maximum absolute atomic E-state index is 13.5. The summed E-state index contributed by atoms with van der Waals surface area (Å²) in [6.45, 7) is 2.15. The second-order valence-electron chi connectivity index (χ2n) is 8.04. The molecular formula is C27H31FN2O6S. The molecule has 3 rings (SSSR count). The first kappa shape index (κ1) is 27.8. The van der Waals surface area contributed by atoms with E-state index in [1.54, 1.807) is 26.4 Å². The first-order valence-corrected chi connectivity index (χ1v) is 13.2. The Morgan fingerprint density at radius 1 is 0.946 bits per heavy atom. The zero-order chi connectivity index (χ0) is 26.8. The maximum Gasteiger partial charge on any atom is 0.264 e. The Morgan fingerprint density at radius 2 is 1.62 bits per heavy atom. The third-order valence-electron chi connectivity index (χ3n) is 5.54. The van der Waals surface area contributed by atoms with Crippen LogP contribution >= 0.6 is 0 Å². The minimum Gasteiger partial charge on any atom is -0.494 e. The lowest BCUT2D eigenvalue weighted by Crippen LogP contribution is -2.41. The number of ether oxygens (including phenoxy) is 3. The summed E-state index contributed by atoms with van der Waals surface area (Å²) in [5.41, 5.74) is 1.19. The number of carbonyl (C=O) groups is 1. The molecule has 8 nitrogen and oxygen atoms in total. The van der Waals surface area contributed by atoms with Crippen LogP contribution in [0.25, 0.3) is 0 Å². The molecule has 0 aliphatic rings. The van der Waals surface area contributed by atoms with Crippen molar-refractivity contribution in [3.63, 3.8) is 0 Å². The number of aryl methyl sites for hydroxylation is 1. The van der Waals surface area contributed by atoms with Gasteiger partial charge in [-0.1, -0.05) is 6.07 Å². The van der Waals surface area contributed by atoms with E-state index in [-0.39, 0.29) is 10.6 Å². The van der Waals surface area contributed by atoms with E-state index >= 15 is 0 Å². The van der Waals surface area contributed by atoms with Crippen LogP contribution in [0.3, 0.4) is 0 Å². The maximum atomic E-state index is 13.5. The minimum atomic E-state index is -4.11. The number of methoxy groups -OCH3 is 2. The number of carbonyl (C=O) groups excluding carboxylic acids is 1. The number of nitrogens with one attached hydrogen (secondary N) is 1.